The van der Waals surface area contributed by atoms with Crippen molar-refractivity contribution in [1.29, 1.82) is 0 Å². The Morgan fingerprint density at radius 1 is 1.50 bits per heavy atom. The molecule has 1 rings (SSSR count). The Morgan fingerprint density at radius 3 is 2.64 bits per heavy atom. The fourth-order valence-corrected chi connectivity index (χ4v) is 1.55. The van der Waals surface area contributed by atoms with E-state index < -0.39 is 6.49 Å². The quantitative estimate of drug-likeness (QED) is 0.794. The van der Waals surface area contributed by atoms with Crippen molar-refractivity contribution in [3.05, 3.63) is 11.8 Å². The van der Waals surface area contributed by atoms with Gasteiger partial charge in [-0.05, 0) is 18.7 Å². The average Bonchev–Trinajstić information content (AvgIpc) is 2.01. The number of anilines is 1. The minimum atomic E-state index is -2.25. The van der Waals surface area contributed by atoms with Crippen molar-refractivity contribution in [1.82, 2.24) is 9.97 Å². The maximum absolute atomic E-state index is 5.46. The van der Waals surface area contributed by atoms with E-state index in [4.69, 9.17) is 26.6 Å². The van der Waals surface area contributed by atoms with Crippen molar-refractivity contribution in [3.8, 4) is 5.88 Å². The van der Waals surface area contributed by atoms with Crippen LogP contribution in [0.5, 0.6) is 5.88 Å². The lowest BCUT2D eigenvalue weighted by Gasteiger charge is -2.15. The van der Waals surface area contributed by atoms with Crippen molar-refractivity contribution >= 4 is 24.2 Å². The lowest BCUT2D eigenvalue weighted by molar-refractivity contribution is 0.393. The zero-order valence-corrected chi connectivity index (χ0v) is 9.93. The topological polar surface area (TPSA) is 70.3 Å². The van der Waals surface area contributed by atoms with Gasteiger partial charge in [0.2, 0.25) is 18.3 Å². The number of hydrogen-bond donors (Lipinski definition) is 1. The molecule has 7 heteroatoms. The van der Waals surface area contributed by atoms with E-state index in [1.807, 2.05) is 0 Å². The number of hydrogen-bond acceptors (Lipinski definition) is 6. The summed E-state index contributed by atoms with van der Waals surface area (Å²) in [5.41, 5.74) is 6.19. The van der Waals surface area contributed by atoms with Crippen LogP contribution >= 0.6 is 6.49 Å². The average molecular weight is 233 g/mol. The molecule has 1 aromatic rings. The molecule has 14 heavy (non-hydrogen) atoms. The Bertz CT molecular complexity index is 365. The third kappa shape index (κ3) is 3.21. The van der Waals surface area contributed by atoms with E-state index in [2.05, 4.69) is 9.97 Å². The smallest absolute Gasteiger partial charge is 0.236 e. The number of aryl methyl sites for hydroxylation is 1. The second-order valence-electron chi connectivity index (χ2n) is 2.75. The van der Waals surface area contributed by atoms with Gasteiger partial charge in [0, 0.05) is 25.5 Å². The maximum Gasteiger partial charge on any atom is 0.236 e. The fraction of sp³-hybridized carbons (Fsp3) is 0.429. The summed E-state index contributed by atoms with van der Waals surface area (Å²) >= 11 is 5.08. The first-order valence-electron chi connectivity index (χ1n) is 3.87. The Balaban J connectivity index is 2.92. The third-order valence-electron chi connectivity index (χ3n) is 1.44. The highest BCUT2D eigenvalue weighted by Crippen LogP contribution is 2.43. The van der Waals surface area contributed by atoms with Crippen molar-refractivity contribution < 1.29 is 9.05 Å². The first-order chi connectivity index (χ1) is 6.43. The van der Waals surface area contributed by atoms with Gasteiger partial charge < -0.3 is 14.8 Å². The predicted octanol–water partition coefficient (Wildman–Crippen LogP) is 1.33. The zero-order valence-electron chi connectivity index (χ0n) is 8.22. The Hall–Kier alpha value is -0.710. The van der Waals surface area contributed by atoms with E-state index in [1.165, 1.54) is 7.11 Å². The molecule has 2 N–H and O–H groups in total. The number of nitrogens with zero attached hydrogens (tertiary/aromatic N) is 2. The summed E-state index contributed by atoms with van der Waals surface area (Å²) < 4.78 is 10.4. The highest BCUT2D eigenvalue weighted by molar-refractivity contribution is 8.09. The van der Waals surface area contributed by atoms with Gasteiger partial charge in [-0.15, -0.1) is 0 Å². The molecule has 1 heterocycles. The number of nitrogens with two attached hydrogens (primary N) is 1. The Labute approximate surface area is 87.8 Å². The first kappa shape index (κ1) is 11.4. The molecule has 1 unspecified atom stereocenters. The molecule has 1 aromatic heterocycles. The van der Waals surface area contributed by atoms with Gasteiger partial charge in [-0.25, -0.2) is 4.98 Å². The van der Waals surface area contributed by atoms with E-state index in [0.717, 1.165) is 5.69 Å². The van der Waals surface area contributed by atoms with Crippen molar-refractivity contribution in [2.24, 2.45) is 0 Å². The zero-order chi connectivity index (χ0) is 10.8. The maximum atomic E-state index is 5.46. The molecule has 0 aromatic carbocycles. The van der Waals surface area contributed by atoms with Gasteiger partial charge in [0.15, 0.2) is 0 Å². The Kier molecular flexibility index (Phi) is 3.42. The molecule has 5 nitrogen and oxygen atoms in total. The Morgan fingerprint density at radius 2 is 2.14 bits per heavy atom. The third-order valence-corrected chi connectivity index (χ3v) is 3.29. The molecular formula is C7H12N3O2PS. The standard InChI is InChI=1S/C7H12N3O2PS/c1-5-4-6(10-7(8)9-5)12-13(3,14)11-2/h4H,1-3H3,(H2,8,9,10). The van der Waals surface area contributed by atoms with E-state index in [1.54, 1.807) is 19.7 Å². The highest BCUT2D eigenvalue weighted by Gasteiger charge is 2.12. The predicted molar refractivity (Wildman–Crippen MR) is 59.0 cm³/mol. The van der Waals surface area contributed by atoms with Crippen LogP contribution < -0.4 is 10.3 Å². The van der Waals surface area contributed by atoms with Crippen LogP contribution in [-0.4, -0.2) is 23.7 Å². The monoisotopic (exact) mass is 233 g/mol. The van der Waals surface area contributed by atoms with E-state index in [9.17, 15) is 0 Å². The van der Waals surface area contributed by atoms with E-state index >= 15 is 0 Å². The van der Waals surface area contributed by atoms with Crippen LogP contribution in [0.15, 0.2) is 6.07 Å². The SMILES string of the molecule is COP(C)(=S)Oc1cc(C)nc(N)n1. The lowest BCUT2D eigenvalue weighted by Crippen LogP contribution is -2.00. The molecule has 0 amide bonds. The van der Waals surface area contributed by atoms with Crippen molar-refractivity contribution in [2.45, 2.75) is 6.92 Å². The van der Waals surface area contributed by atoms with Gasteiger partial charge in [0.05, 0.1) is 0 Å². The first-order valence-corrected chi connectivity index (χ1v) is 6.95. The van der Waals surface area contributed by atoms with Gasteiger partial charge in [-0.3, -0.25) is 0 Å². The molecule has 0 aliphatic rings. The molecule has 1 atom stereocenters. The normalized spacial score (nSPS) is 14.8. The van der Waals surface area contributed by atoms with Gasteiger partial charge in [-0.1, -0.05) is 0 Å². The molecule has 0 aliphatic heterocycles. The van der Waals surface area contributed by atoms with Crippen LogP contribution in [-0.2, 0) is 16.3 Å². The number of nitrogen functional groups attached to an aromatic ring is 1. The summed E-state index contributed by atoms with van der Waals surface area (Å²) in [4.78, 5) is 7.81. The van der Waals surface area contributed by atoms with E-state index in [-0.39, 0.29) is 5.95 Å². The number of rotatable bonds is 3. The van der Waals surface area contributed by atoms with Gasteiger partial charge in [-0.2, -0.15) is 4.98 Å². The van der Waals surface area contributed by atoms with Crippen molar-refractivity contribution in [3.63, 3.8) is 0 Å². The molecule has 0 bridgehead atoms. The molecule has 0 radical (unpaired) electrons. The second-order valence-corrected chi connectivity index (χ2v) is 6.83. The summed E-state index contributed by atoms with van der Waals surface area (Å²) in [6.45, 7) is 1.27. The highest BCUT2D eigenvalue weighted by atomic mass is 32.5. The molecule has 0 saturated carbocycles. The van der Waals surface area contributed by atoms with Crippen LogP contribution in [0.25, 0.3) is 0 Å². The minimum absolute atomic E-state index is 0.172. The molecule has 0 saturated heterocycles. The largest absolute Gasteiger partial charge is 0.426 e. The summed E-state index contributed by atoms with van der Waals surface area (Å²) in [6, 6.07) is 1.67. The van der Waals surface area contributed by atoms with Crippen LogP contribution in [0.3, 0.4) is 0 Å². The molecule has 0 aliphatic carbocycles. The molecule has 0 fully saturated rings. The summed E-state index contributed by atoms with van der Waals surface area (Å²) in [6.07, 6.45) is 0. The summed E-state index contributed by atoms with van der Waals surface area (Å²) in [7, 11) is 1.51. The second kappa shape index (κ2) is 4.21. The fourth-order valence-electron chi connectivity index (χ4n) is 0.816. The van der Waals surface area contributed by atoms with Gasteiger partial charge >= 0.3 is 0 Å². The van der Waals surface area contributed by atoms with Crippen LogP contribution in [0.2, 0.25) is 0 Å². The van der Waals surface area contributed by atoms with Gasteiger partial charge in [0.1, 0.15) is 0 Å². The summed E-state index contributed by atoms with van der Waals surface area (Å²) in [5.74, 6) is 0.536. The number of aromatic nitrogens is 2. The van der Waals surface area contributed by atoms with Crippen LogP contribution in [0.4, 0.5) is 5.95 Å². The van der Waals surface area contributed by atoms with Gasteiger partial charge in [0.25, 0.3) is 0 Å². The van der Waals surface area contributed by atoms with Crippen LogP contribution in [0, 0.1) is 6.92 Å². The lowest BCUT2D eigenvalue weighted by atomic mass is 10.4. The minimum Gasteiger partial charge on any atom is -0.426 e. The van der Waals surface area contributed by atoms with Crippen LogP contribution in [0.1, 0.15) is 5.69 Å². The molecular weight excluding hydrogens is 221 g/mol. The summed E-state index contributed by atoms with van der Waals surface area (Å²) in [5, 5.41) is 0. The molecule has 78 valence electrons. The van der Waals surface area contributed by atoms with E-state index in [0.29, 0.717) is 5.88 Å². The van der Waals surface area contributed by atoms with Crippen molar-refractivity contribution in [2.75, 3.05) is 19.5 Å². The molecule has 0 spiro atoms.